The fourth-order valence-electron chi connectivity index (χ4n) is 7.33. The minimum absolute atomic E-state index is 0.0981. The first-order valence-corrected chi connectivity index (χ1v) is 17.3. The molecule has 0 amide bonds. The van der Waals surface area contributed by atoms with Gasteiger partial charge in [-0.1, -0.05) is 163 Å². The van der Waals surface area contributed by atoms with Gasteiger partial charge in [0.1, 0.15) is 0 Å². The summed E-state index contributed by atoms with van der Waals surface area (Å²) >= 11 is 0. The van der Waals surface area contributed by atoms with Crippen molar-refractivity contribution in [1.82, 2.24) is 9.13 Å². The van der Waals surface area contributed by atoms with E-state index in [0.717, 1.165) is 22.3 Å². The van der Waals surface area contributed by atoms with E-state index in [-0.39, 0.29) is 71.7 Å². The van der Waals surface area contributed by atoms with E-state index >= 15 is 0 Å². The van der Waals surface area contributed by atoms with Crippen LogP contribution >= 0.6 is 0 Å². The molecule has 0 unspecified atom stereocenters. The fraction of sp³-hybridized carbons (Fsp3) is 0.184. The zero-order valence-electron chi connectivity index (χ0n) is 39.8. The maximum Gasteiger partial charge on any atom is 0.0826 e. The second-order valence-corrected chi connectivity index (χ2v) is 15.2. The van der Waals surface area contributed by atoms with Crippen LogP contribution in [0.4, 0.5) is 0 Å². The number of hydrogen-bond donors (Lipinski definition) is 0. The third-order valence-corrected chi connectivity index (χ3v) is 9.76. The largest absolute Gasteiger partial charge is 0.316 e. The molecule has 6 aromatic carbocycles. The van der Waals surface area contributed by atoms with Crippen LogP contribution in [0.2, 0.25) is 0 Å². The molecule has 2 nitrogen and oxygen atoms in total. The number of fused-ring (bicyclic) bond motifs is 2. The van der Waals surface area contributed by atoms with Crippen LogP contribution in [0.1, 0.15) is 88.6 Å². The van der Waals surface area contributed by atoms with Gasteiger partial charge in [-0.3, -0.25) is 0 Å². The van der Waals surface area contributed by atoms with E-state index in [1.165, 1.54) is 0 Å². The Morgan fingerprint density at radius 2 is 0.745 bits per heavy atom. The molecule has 0 atom stereocenters. The van der Waals surface area contributed by atoms with Gasteiger partial charge >= 0.3 is 0 Å². The molecule has 0 aliphatic rings. The van der Waals surface area contributed by atoms with Gasteiger partial charge < -0.3 is 9.13 Å². The topological polar surface area (TPSA) is 9.86 Å². The molecule has 2 heterocycles. The average Bonchev–Trinajstić information content (AvgIpc) is 3.74. The molecule has 8 aromatic rings. The maximum atomic E-state index is 9.44. The quantitative estimate of drug-likeness (QED) is 0.156. The van der Waals surface area contributed by atoms with E-state index in [0.29, 0.717) is 33.3 Å². The molecule has 252 valence electrons. The number of aromatic nitrogens is 2. The van der Waals surface area contributed by atoms with Crippen LogP contribution in [0.5, 0.6) is 0 Å². The van der Waals surface area contributed by atoms with Crippen LogP contribution < -0.4 is 0 Å². The van der Waals surface area contributed by atoms with Crippen molar-refractivity contribution in [2.75, 3.05) is 0 Å². The smallest absolute Gasteiger partial charge is 0.0826 e. The molecule has 0 saturated heterocycles. The predicted molar refractivity (Wildman–Crippen MR) is 216 cm³/mol. The molecule has 0 aliphatic heterocycles. The third kappa shape index (κ3) is 5.51. The zero-order chi connectivity index (χ0) is 44.1. The highest BCUT2D eigenvalue weighted by Crippen LogP contribution is 2.46. The lowest BCUT2D eigenvalue weighted by Crippen LogP contribution is -2.31. The first kappa shape index (κ1) is 23.0. The van der Waals surface area contributed by atoms with Crippen molar-refractivity contribution in [1.29, 1.82) is 0 Å². The van der Waals surface area contributed by atoms with Crippen molar-refractivity contribution in [3.8, 4) is 11.4 Å². The summed E-state index contributed by atoms with van der Waals surface area (Å²) in [6, 6.07) is 33.7. The van der Waals surface area contributed by atoms with Crippen LogP contribution in [-0.2, 0) is 16.2 Å². The van der Waals surface area contributed by atoms with Crippen LogP contribution in [0.25, 0.3) is 33.2 Å². The van der Waals surface area contributed by atoms with E-state index in [2.05, 4.69) is 24.3 Å². The Kier molecular flexibility index (Phi) is 5.55. The van der Waals surface area contributed by atoms with Crippen molar-refractivity contribution >= 4 is 21.8 Å². The molecule has 2 heteroatoms. The normalized spacial score (nSPS) is 15.3. The lowest BCUT2D eigenvalue weighted by Gasteiger charge is -2.37. The zero-order valence-corrected chi connectivity index (χ0v) is 29.8. The number of nitrogens with zero attached hydrogens (tertiary/aromatic N) is 2. The van der Waals surface area contributed by atoms with E-state index in [1.807, 2.05) is 126 Å². The SMILES string of the molecule is [2H]c1c([2H])c([2H])c2c(c1[2H])c(C(C)(C)C)c([2H])n2-c1ccc(C(c2ccccc2)(c2ccccc2)c2ccc(-n3c([2H])c(C(C)(C)C)c4c([2H])c([2H])c([2H])c([2H])c43)cc2)cc1. The molecule has 0 spiro atoms. The minimum atomic E-state index is -0.912. The van der Waals surface area contributed by atoms with Crippen molar-refractivity contribution in [3.05, 3.63) is 203 Å². The Morgan fingerprint density at radius 3 is 1.10 bits per heavy atom. The van der Waals surface area contributed by atoms with Gasteiger partial charge in [0, 0.05) is 34.5 Å². The van der Waals surface area contributed by atoms with Gasteiger partial charge in [0.25, 0.3) is 0 Å². The number of para-hydroxylation sites is 2. The predicted octanol–water partition coefficient (Wildman–Crippen LogP) is 12.6. The Labute approximate surface area is 316 Å². The summed E-state index contributed by atoms with van der Waals surface area (Å²) in [6.07, 6.45) is 0.196. The first-order chi connectivity index (χ1) is 28.7. The molecule has 0 aliphatic carbocycles. The van der Waals surface area contributed by atoms with Crippen molar-refractivity contribution in [3.63, 3.8) is 0 Å². The van der Waals surface area contributed by atoms with Crippen LogP contribution in [0.15, 0.2) is 170 Å². The number of benzene rings is 6. The van der Waals surface area contributed by atoms with E-state index in [1.54, 1.807) is 9.13 Å². The second kappa shape index (κ2) is 12.3. The Hall–Kier alpha value is -5.60. The molecule has 0 radical (unpaired) electrons. The number of hydrogen-bond acceptors (Lipinski definition) is 0. The highest BCUT2D eigenvalue weighted by Gasteiger charge is 2.38. The number of rotatable bonds is 6. The highest BCUT2D eigenvalue weighted by molar-refractivity contribution is 5.87. The molecule has 0 saturated carbocycles. The van der Waals surface area contributed by atoms with Gasteiger partial charge in [-0.05, 0) is 80.6 Å². The molecule has 51 heavy (non-hydrogen) atoms. The van der Waals surface area contributed by atoms with Crippen molar-refractivity contribution in [2.24, 2.45) is 0 Å². The van der Waals surface area contributed by atoms with Crippen molar-refractivity contribution < 1.29 is 13.7 Å². The lowest BCUT2D eigenvalue weighted by atomic mass is 9.65. The standard InChI is InChI=1S/C49H46N2/c1-47(2,3)43-33-50(45-23-15-13-21-41(43)45)39-29-25-37(26-30-39)49(35-17-9-7-10-18-35,36-19-11-8-12-20-36)38-27-31-40(32-28-38)51-34-44(48(4,5)6)42-22-14-16-24-46(42)51/h7-34H,1-6H3/i13D,14D,15D,16D,21D,22D,23D,24D,33D,34D. The van der Waals surface area contributed by atoms with Crippen LogP contribution in [0, 0.1) is 0 Å². The van der Waals surface area contributed by atoms with Crippen molar-refractivity contribution in [2.45, 2.75) is 57.8 Å². The Bertz CT molecular complexity index is 2800. The monoisotopic (exact) mass is 672 g/mol. The summed E-state index contributed by atoms with van der Waals surface area (Å²) in [5.41, 5.74) is 4.35. The summed E-state index contributed by atoms with van der Waals surface area (Å²) in [7, 11) is 0. The van der Waals surface area contributed by atoms with Gasteiger partial charge in [-0.25, -0.2) is 0 Å². The lowest BCUT2D eigenvalue weighted by molar-refractivity contribution is 0.594. The molecule has 0 bridgehead atoms. The maximum absolute atomic E-state index is 9.44. The molecular formula is C49H46N2. The summed E-state index contributed by atoms with van der Waals surface area (Å²) < 4.78 is 91.8. The Morgan fingerprint density at radius 1 is 0.412 bits per heavy atom. The summed E-state index contributed by atoms with van der Waals surface area (Å²) in [4.78, 5) is 0. The van der Waals surface area contributed by atoms with Gasteiger partial charge in [-0.2, -0.15) is 0 Å². The average molecular weight is 673 g/mol. The highest BCUT2D eigenvalue weighted by atomic mass is 15.0. The summed E-state index contributed by atoms with van der Waals surface area (Å²) in [6.45, 7) is 11.7. The molecule has 8 rings (SSSR count). The minimum Gasteiger partial charge on any atom is -0.316 e. The molecule has 0 fully saturated rings. The fourth-order valence-corrected chi connectivity index (χ4v) is 7.33. The van der Waals surface area contributed by atoms with E-state index in [9.17, 15) is 2.74 Å². The van der Waals surface area contributed by atoms with Crippen LogP contribution in [0.3, 0.4) is 0 Å². The second-order valence-electron chi connectivity index (χ2n) is 15.2. The summed E-state index contributed by atoms with van der Waals surface area (Å²) in [5.74, 6) is 0. The van der Waals surface area contributed by atoms with E-state index < -0.39 is 16.2 Å². The molecule has 0 N–H and O–H groups in total. The first-order valence-electron chi connectivity index (χ1n) is 22.3. The van der Waals surface area contributed by atoms with Gasteiger partial charge in [-0.15, -0.1) is 0 Å². The van der Waals surface area contributed by atoms with E-state index in [4.69, 9.17) is 11.0 Å². The Balaban J connectivity index is 1.38. The molecular weight excluding hydrogens is 617 g/mol. The third-order valence-electron chi connectivity index (χ3n) is 9.76. The van der Waals surface area contributed by atoms with Gasteiger partial charge in [0.2, 0.25) is 0 Å². The van der Waals surface area contributed by atoms with Crippen LogP contribution in [-0.4, -0.2) is 9.13 Å². The molecule has 2 aromatic heterocycles. The van der Waals surface area contributed by atoms with Gasteiger partial charge in [0.05, 0.1) is 30.2 Å². The van der Waals surface area contributed by atoms with Gasteiger partial charge in [0.15, 0.2) is 0 Å². The summed E-state index contributed by atoms with van der Waals surface area (Å²) in [5, 5.41) is 0.680.